The van der Waals surface area contributed by atoms with Gasteiger partial charge in [0.15, 0.2) is 11.3 Å². The molecule has 88 valence electrons. The minimum Gasteiger partial charge on any atom is -0.488 e. The summed E-state index contributed by atoms with van der Waals surface area (Å²) in [6.45, 7) is 0. The van der Waals surface area contributed by atoms with Gasteiger partial charge in [-0.1, -0.05) is 0 Å². The van der Waals surface area contributed by atoms with Crippen molar-refractivity contribution in [2.45, 2.75) is 25.4 Å². The molecule has 0 spiro atoms. The summed E-state index contributed by atoms with van der Waals surface area (Å²) in [6, 6.07) is 2.91. The van der Waals surface area contributed by atoms with E-state index < -0.39 is 4.92 Å². The van der Waals surface area contributed by atoms with Crippen LogP contribution in [0.5, 0.6) is 5.75 Å². The number of nitro groups is 1. The largest absolute Gasteiger partial charge is 0.488 e. The van der Waals surface area contributed by atoms with Crippen molar-refractivity contribution in [2.75, 3.05) is 0 Å². The number of ether oxygens (including phenoxy) is 1. The zero-order chi connectivity index (χ0) is 11.8. The van der Waals surface area contributed by atoms with Crippen molar-refractivity contribution in [2.24, 2.45) is 0 Å². The van der Waals surface area contributed by atoms with Gasteiger partial charge in [0.1, 0.15) is 0 Å². The molecule has 7 heteroatoms. The molecule has 0 amide bonds. The highest BCUT2D eigenvalue weighted by Gasteiger charge is 2.24. The van der Waals surface area contributed by atoms with Crippen LogP contribution >= 0.6 is 0 Å². The number of aromatic nitrogens is 2. The molecule has 17 heavy (non-hydrogen) atoms. The van der Waals surface area contributed by atoms with E-state index in [1.165, 1.54) is 6.07 Å². The van der Waals surface area contributed by atoms with Gasteiger partial charge in [-0.15, -0.1) is 0 Å². The summed E-state index contributed by atoms with van der Waals surface area (Å²) in [5.41, 5.74) is 0.320. The SMILES string of the molecule is O=[N+]([O-])c1ccc(OC2CCC2)c2nonc12. The normalized spacial score (nSPS) is 15.8. The molecule has 0 bridgehead atoms. The van der Waals surface area contributed by atoms with E-state index in [4.69, 9.17) is 4.74 Å². The Morgan fingerprint density at radius 1 is 1.35 bits per heavy atom. The summed E-state index contributed by atoms with van der Waals surface area (Å²) in [4.78, 5) is 10.3. The monoisotopic (exact) mass is 235 g/mol. The van der Waals surface area contributed by atoms with E-state index in [-0.39, 0.29) is 17.3 Å². The summed E-state index contributed by atoms with van der Waals surface area (Å²) >= 11 is 0. The van der Waals surface area contributed by atoms with Gasteiger partial charge in [0.05, 0.1) is 11.0 Å². The number of non-ortho nitro benzene ring substituents is 1. The Morgan fingerprint density at radius 2 is 2.12 bits per heavy atom. The number of rotatable bonds is 3. The van der Waals surface area contributed by atoms with E-state index in [2.05, 4.69) is 14.9 Å². The van der Waals surface area contributed by atoms with Gasteiger partial charge in [-0.2, -0.15) is 0 Å². The summed E-state index contributed by atoms with van der Waals surface area (Å²) < 4.78 is 10.2. The number of hydrogen-bond acceptors (Lipinski definition) is 6. The van der Waals surface area contributed by atoms with Crippen LogP contribution in [0.3, 0.4) is 0 Å². The predicted molar refractivity (Wildman–Crippen MR) is 56.7 cm³/mol. The molecule has 1 fully saturated rings. The topological polar surface area (TPSA) is 91.3 Å². The van der Waals surface area contributed by atoms with Crippen LogP contribution in [0.2, 0.25) is 0 Å². The predicted octanol–water partition coefficient (Wildman–Crippen LogP) is 2.06. The van der Waals surface area contributed by atoms with Crippen molar-refractivity contribution in [3.63, 3.8) is 0 Å². The van der Waals surface area contributed by atoms with Crippen molar-refractivity contribution in [1.82, 2.24) is 10.3 Å². The van der Waals surface area contributed by atoms with E-state index in [1.807, 2.05) is 0 Å². The second-order valence-electron chi connectivity index (χ2n) is 3.97. The van der Waals surface area contributed by atoms with Crippen LogP contribution in [0, 0.1) is 10.1 Å². The van der Waals surface area contributed by atoms with Crippen LogP contribution in [0.4, 0.5) is 5.69 Å². The molecule has 1 aromatic heterocycles. The van der Waals surface area contributed by atoms with Gasteiger partial charge in [-0.3, -0.25) is 10.1 Å². The highest BCUT2D eigenvalue weighted by molar-refractivity contribution is 5.88. The average Bonchev–Trinajstić information content (AvgIpc) is 2.71. The molecule has 1 aliphatic rings. The maximum absolute atomic E-state index is 10.8. The van der Waals surface area contributed by atoms with E-state index >= 15 is 0 Å². The molecule has 0 N–H and O–H groups in total. The van der Waals surface area contributed by atoms with E-state index in [0.29, 0.717) is 11.3 Å². The number of fused-ring (bicyclic) bond motifs is 1. The van der Waals surface area contributed by atoms with Crippen molar-refractivity contribution >= 4 is 16.7 Å². The van der Waals surface area contributed by atoms with E-state index in [0.717, 1.165) is 19.3 Å². The second-order valence-corrected chi connectivity index (χ2v) is 3.97. The Hall–Kier alpha value is -2.18. The lowest BCUT2D eigenvalue weighted by atomic mass is 9.96. The molecule has 0 unspecified atom stereocenters. The zero-order valence-corrected chi connectivity index (χ0v) is 8.83. The molecule has 1 heterocycles. The van der Waals surface area contributed by atoms with Crippen molar-refractivity contribution in [1.29, 1.82) is 0 Å². The number of benzene rings is 1. The molecule has 2 aromatic rings. The average molecular weight is 235 g/mol. The van der Waals surface area contributed by atoms with E-state index in [1.54, 1.807) is 6.07 Å². The molecule has 0 atom stereocenters. The van der Waals surface area contributed by atoms with Gasteiger partial charge >= 0.3 is 5.69 Å². The first-order valence-corrected chi connectivity index (χ1v) is 5.32. The molecule has 0 aliphatic heterocycles. The summed E-state index contributed by atoms with van der Waals surface area (Å²) in [6.07, 6.45) is 3.34. The third-order valence-corrected chi connectivity index (χ3v) is 2.90. The molecule has 7 nitrogen and oxygen atoms in total. The lowest BCUT2D eigenvalue weighted by molar-refractivity contribution is -0.383. The Morgan fingerprint density at radius 3 is 2.76 bits per heavy atom. The molecule has 1 aromatic carbocycles. The maximum atomic E-state index is 10.8. The van der Waals surface area contributed by atoms with Gasteiger partial charge in [0, 0.05) is 6.07 Å². The third kappa shape index (κ3) is 1.59. The zero-order valence-electron chi connectivity index (χ0n) is 8.83. The number of hydrogen-bond donors (Lipinski definition) is 0. The number of nitro benzene ring substituents is 1. The first kappa shape index (κ1) is 10.0. The lowest BCUT2D eigenvalue weighted by Gasteiger charge is -2.26. The second kappa shape index (κ2) is 3.69. The van der Waals surface area contributed by atoms with Crippen LogP contribution < -0.4 is 4.74 Å². The Labute approximate surface area is 95.5 Å². The van der Waals surface area contributed by atoms with Crippen molar-refractivity contribution in [3.8, 4) is 5.75 Å². The number of nitrogens with zero attached hydrogens (tertiary/aromatic N) is 3. The van der Waals surface area contributed by atoms with E-state index in [9.17, 15) is 10.1 Å². The van der Waals surface area contributed by atoms with Gasteiger partial charge < -0.3 is 4.74 Å². The standard InChI is InChI=1S/C10H9N3O4/c14-13(15)7-4-5-8(16-6-2-1-3-6)10-9(7)11-17-12-10/h4-6H,1-3H2. The summed E-state index contributed by atoms with van der Waals surface area (Å²) in [5, 5.41) is 18.0. The minimum atomic E-state index is -0.514. The van der Waals surface area contributed by atoms with Gasteiger partial charge in [-0.05, 0) is 35.6 Å². The highest BCUT2D eigenvalue weighted by atomic mass is 16.6. The highest BCUT2D eigenvalue weighted by Crippen LogP contribution is 2.33. The van der Waals surface area contributed by atoms with Gasteiger partial charge in [0.25, 0.3) is 0 Å². The first-order chi connectivity index (χ1) is 8.25. The lowest BCUT2D eigenvalue weighted by Crippen LogP contribution is -2.24. The molecular formula is C10H9N3O4. The van der Waals surface area contributed by atoms with Gasteiger partial charge in [-0.25, -0.2) is 4.63 Å². The Kier molecular flexibility index (Phi) is 2.17. The fourth-order valence-corrected chi connectivity index (χ4v) is 1.74. The van der Waals surface area contributed by atoms with Crippen molar-refractivity contribution in [3.05, 3.63) is 22.2 Å². The summed E-state index contributed by atoms with van der Waals surface area (Å²) in [5.74, 6) is 0.497. The Balaban J connectivity index is 2.04. The first-order valence-electron chi connectivity index (χ1n) is 5.32. The molecule has 0 saturated heterocycles. The maximum Gasteiger partial charge on any atom is 0.301 e. The fourth-order valence-electron chi connectivity index (χ4n) is 1.74. The van der Waals surface area contributed by atoms with Crippen LogP contribution in [-0.4, -0.2) is 21.3 Å². The van der Waals surface area contributed by atoms with Crippen LogP contribution in [0.25, 0.3) is 11.0 Å². The van der Waals surface area contributed by atoms with Crippen LogP contribution in [0.1, 0.15) is 19.3 Å². The summed E-state index contributed by atoms with van der Waals surface area (Å²) in [7, 11) is 0. The van der Waals surface area contributed by atoms with Crippen molar-refractivity contribution < 1.29 is 14.3 Å². The molecular weight excluding hydrogens is 226 g/mol. The fraction of sp³-hybridized carbons (Fsp3) is 0.400. The third-order valence-electron chi connectivity index (χ3n) is 2.90. The Bertz CT molecular complexity index is 576. The molecule has 0 radical (unpaired) electrons. The van der Waals surface area contributed by atoms with Crippen LogP contribution in [-0.2, 0) is 0 Å². The van der Waals surface area contributed by atoms with Gasteiger partial charge in [0.2, 0.25) is 5.52 Å². The van der Waals surface area contributed by atoms with Crippen LogP contribution in [0.15, 0.2) is 16.8 Å². The quantitative estimate of drug-likeness (QED) is 0.597. The smallest absolute Gasteiger partial charge is 0.301 e. The minimum absolute atomic E-state index is 0.123. The molecule has 1 saturated carbocycles. The molecule has 1 aliphatic carbocycles. The molecule has 3 rings (SSSR count).